The van der Waals surface area contributed by atoms with E-state index in [0.717, 1.165) is 17.0 Å². The molecular formula is C22H18FN3O2. The van der Waals surface area contributed by atoms with Gasteiger partial charge in [-0.2, -0.15) is 0 Å². The van der Waals surface area contributed by atoms with Crippen LogP contribution in [0.1, 0.15) is 17.5 Å². The quantitative estimate of drug-likeness (QED) is 0.509. The van der Waals surface area contributed by atoms with Crippen LogP contribution in [0.15, 0.2) is 83.3 Å². The summed E-state index contributed by atoms with van der Waals surface area (Å²) in [7, 11) is 1.62. The van der Waals surface area contributed by atoms with E-state index in [9.17, 15) is 4.39 Å². The highest BCUT2D eigenvalue weighted by Crippen LogP contribution is 2.30. The Morgan fingerprint density at radius 1 is 0.929 bits per heavy atom. The van der Waals surface area contributed by atoms with Crippen LogP contribution in [0.5, 0.6) is 5.75 Å². The highest BCUT2D eigenvalue weighted by atomic mass is 19.1. The molecule has 0 aliphatic rings. The molecule has 0 fully saturated rings. The van der Waals surface area contributed by atoms with Crippen LogP contribution in [0.25, 0.3) is 11.5 Å². The van der Waals surface area contributed by atoms with Crippen molar-refractivity contribution in [1.82, 2.24) is 10.2 Å². The molecule has 4 aromatic rings. The van der Waals surface area contributed by atoms with E-state index in [1.165, 1.54) is 6.07 Å². The summed E-state index contributed by atoms with van der Waals surface area (Å²) in [5, 5.41) is 11.6. The molecule has 140 valence electrons. The number of aromatic nitrogens is 2. The van der Waals surface area contributed by atoms with Gasteiger partial charge in [-0.15, -0.1) is 10.2 Å². The molecule has 0 aliphatic heterocycles. The molecule has 3 aromatic carbocycles. The summed E-state index contributed by atoms with van der Waals surface area (Å²) in [6, 6.07) is 23.2. The smallest absolute Gasteiger partial charge is 0.250 e. The van der Waals surface area contributed by atoms with E-state index in [1.807, 2.05) is 54.6 Å². The van der Waals surface area contributed by atoms with Gasteiger partial charge in [0.05, 0.1) is 12.7 Å². The van der Waals surface area contributed by atoms with E-state index >= 15 is 0 Å². The van der Waals surface area contributed by atoms with Crippen molar-refractivity contribution in [3.05, 3.63) is 96.1 Å². The van der Waals surface area contributed by atoms with Crippen LogP contribution in [0.3, 0.4) is 0 Å². The van der Waals surface area contributed by atoms with Crippen LogP contribution in [0.4, 0.5) is 10.1 Å². The summed E-state index contributed by atoms with van der Waals surface area (Å²) in [5.74, 6) is 0.804. The highest BCUT2D eigenvalue weighted by Gasteiger charge is 2.22. The molecule has 0 saturated carbocycles. The normalized spacial score (nSPS) is 11.8. The molecule has 0 bridgehead atoms. The topological polar surface area (TPSA) is 60.2 Å². The third-order valence-electron chi connectivity index (χ3n) is 4.31. The Labute approximate surface area is 161 Å². The molecule has 0 amide bonds. The van der Waals surface area contributed by atoms with Gasteiger partial charge >= 0.3 is 0 Å². The van der Waals surface area contributed by atoms with Gasteiger partial charge in [0.15, 0.2) is 0 Å². The number of hydrogen-bond acceptors (Lipinski definition) is 5. The molecule has 1 atom stereocenters. The van der Waals surface area contributed by atoms with Gasteiger partial charge in [0, 0.05) is 11.8 Å². The van der Waals surface area contributed by atoms with Crippen LogP contribution in [-0.2, 0) is 0 Å². The molecule has 0 spiro atoms. The maximum Gasteiger partial charge on any atom is 0.250 e. The number of nitrogens with one attached hydrogen (secondary N) is 1. The van der Waals surface area contributed by atoms with Gasteiger partial charge in [-0.25, -0.2) is 4.39 Å². The van der Waals surface area contributed by atoms with E-state index < -0.39 is 11.9 Å². The number of nitrogens with zero attached hydrogens (tertiary/aromatic N) is 2. The van der Waals surface area contributed by atoms with Crippen molar-refractivity contribution in [2.45, 2.75) is 6.04 Å². The molecule has 0 radical (unpaired) electrons. The van der Waals surface area contributed by atoms with Gasteiger partial charge in [0.1, 0.15) is 17.6 Å². The van der Waals surface area contributed by atoms with Crippen molar-refractivity contribution >= 4 is 5.69 Å². The number of hydrogen-bond donors (Lipinski definition) is 1. The van der Waals surface area contributed by atoms with Crippen LogP contribution >= 0.6 is 0 Å². The first-order valence-electron chi connectivity index (χ1n) is 8.78. The molecular weight excluding hydrogens is 357 g/mol. The van der Waals surface area contributed by atoms with Gasteiger partial charge in [-0.1, -0.05) is 48.5 Å². The van der Waals surface area contributed by atoms with E-state index in [2.05, 4.69) is 15.5 Å². The first-order chi connectivity index (χ1) is 13.7. The second-order valence-corrected chi connectivity index (χ2v) is 6.15. The van der Waals surface area contributed by atoms with Crippen molar-refractivity contribution in [3.8, 4) is 17.2 Å². The number of rotatable bonds is 6. The van der Waals surface area contributed by atoms with Crippen LogP contribution in [-0.4, -0.2) is 17.3 Å². The first-order valence-corrected chi connectivity index (χ1v) is 8.78. The molecule has 1 heterocycles. The summed E-state index contributed by atoms with van der Waals surface area (Å²) in [4.78, 5) is 0. The first kappa shape index (κ1) is 17.7. The van der Waals surface area contributed by atoms with E-state index in [1.54, 1.807) is 25.3 Å². The Morgan fingerprint density at radius 3 is 2.50 bits per heavy atom. The zero-order valence-electron chi connectivity index (χ0n) is 15.2. The SMILES string of the molecule is COc1cccc(NC(c2ccccc2)c2nnc(-c3ccccc3F)o2)c1. The summed E-state index contributed by atoms with van der Waals surface area (Å²) in [6.07, 6.45) is 0. The number of anilines is 1. The van der Waals surface area contributed by atoms with Crippen molar-refractivity contribution in [2.24, 2.45) is 0 Å². The minimum Gasteiger partial charge on any atom is -0.497 e. The predicted octanol–water partition coefficient (Wildman–Crippen LogP) is 5.09. The summed E-state index contributed by atoms with van der Waals surface area (Å²) in [6.45, 7) is 0. The molecule has 1 unspecified atom stereocenters. The monoisotopic (exact) mass is 375 g/mol. The van der Waals surface area contributed by atoms with Crippen LogP contribution in [0, 0.1) is 5.82 Å². The van der Waals surface area contributed by atoms with Crippen molar-refractivity contribution in [1.29, 1.82) is 0 Å². The third-order valence-corrected chi connectivity index (χ3v) is 4.31. The van der Waals surface area contributed by atoms with E-state index in [0.29, 0.717) is 5.89 Å². The number of ether oxygens (including phenoxy) is 1. The molecule has 6 heteroatoms. The minimum absolute atomic E-state index is 0.140. The van der Waals surface area contributed by atoms with E-state index in [4.69, 9.17) is 9.15 Å². The van der Waals surface area contributed by atoms with Crippen molar-refractivity contribution < 1.29 is 13.5 Å². The zero-order valence-corrected chi connectivity index (χ0v) is 15.2. The number of benzene rings is 3. The Bertz CT molecular complexity index is 1070. The lowest BCUT2D eigenvalue weighted by Gasteiger charge is -2.17. The fraction of sp³-hybridized carbons (Fsp3) is 0.0909. The van der Waals surface area contributed by atoms with E-state index in [-0.39, 0.29) is 11.5 Å². The Balaban J connectivity index is 1.71. The maximum atomic E-state index is 14.1. The summed E-state index contributed by atoms with van der Waals surface area (Å²) in [5.41, 5.74) is 2.04. The Kier molecular flexibility index (Phi) is 5.01. The lowest BCUT2D eigenvalue weighted by Crippen LogP contribution is -2.12. The van der Waals surface area contributed by atoms with Gasteiger partial charge < -0.3 is 14.5 Å². The third kappa shape index (κ3) is 3.71. The maximum absolute atomic E-state index is 14.1. The Hall–Kier alpha value is -3.67. The molecule has 1 aromatic heterocycles. The largest absolute Gasteiger partial charge is 0.497 e. The van der Waals surface area contributed by atoms with Crippen LogP contribution < -0.4 is 10.1 Å². The molecule has 4 rings (SSSR count). The summed E-state index contributed by atoms with van der Waals surface area (Å²) < 4.78 is 25.2. The van der Waals surface area contributed by atoms with Crippen LogP contribution in [0.2, 0.25) is 0 Å². The molecule has 1 N–H and O–H groups in total. The van der Waals surface area contributed by atoms with Gasteiger partial charge in [0.2, 0.25) is 5.89 Å². The molecule has 28 heavy (non-hydrogen) atoms. The van der Waals surface area contributed by atoms with Gasteiger partial charge in [-0.3, -0.25) is 0 Å². The second-order valence-electron chi connectivity index (χ2n) is 6.15. The second kappa shape index (κ2) is 7.92. The van der Waals surface area contributed by atoms with Gasteiger partial charge in [-0.05, 0) is 29.8 Å². The fourth-order valence-corrected chi connectivity index (χ4v) is 2.91. The number of halogens is 1. The lowest BCUT2D eigenvalue weighted by atomic mass is 10.1. The highest BCUT2D eigenvalue weighted by molar-refractivity contribution is 5.54. The molecule has 0 saturated heterocycles. The average molecular weight is 375 g/mol. The van der Waals surface area contributed by atoms with Crippen molar-refractivity contribution in [3.63, 3.8) is 0 Å². The lowest BCUT2D eigenvalue weighted by molar-refractivity contribution is 0.415. The summed E-state index contributed by atoms with van der Waals surface area (Å²) >= 11 is 0. The van der Waals surface area contributed by atoms with Crippen molar-refractivity contribution in [2.75, 3.05) is 12.4 Å². The van der Waals surface area contributed by atoms with Gasteiger partial charge in [0.25, 0.3) is 5.89 Å². The predicted molar refractivity (Wildman–Crippen MR) is 105 cm³/mol. The zero-order chi connectivity index (χ0) is 19.3. The minimum atomic E-state index is -0.408. The number of methoxy groups -OCH3 is 1. The fourth-order valence-electron chi connectivity index (χ4n) is 2.91. The molecule has 5 nitrogen and oxygen atoms in total. The average Bonchev–Trinajstić information content (AvgIpc) is 3.23. The standard InChI is InChI=1S/C22H18FN3O2/c1-27-17-11-7-10-16(14-17)24-20(15-8-3-2-4-9-15)22-26-25-21(28-22)18-12-5-6-13-19(18)23/h2-14,20,24H,1H3. The molecule has 0 aliphatic carbocycles. The Morgan fingerprint density at radius 2 is 1.71 bits per heavy atom.